The summed E-state index contributed by atoms with van der Waals surface area (Å²) < 4.78 is 5.18. The highest BCUT2D eigenvalue weighted by Gasteiger charge is 2.20. The zero-order chi connectivity index (χ0) is 10.1. The van der Waals surface area contributed by atoms with Crippen LogP contribution in [0.25, 0.3) is 0 Å². The van der Waals surface area contributed by atoms with Gasteiger partial charge >= 0.3 is 0 Å². The fraction of sp³-hybridized carbons (Fsp3) is 0.500. The normalized spacial score (nSPS) is 11.5. The predicted octanol–water partition coefficient (Wildman–Crippen LogP) is 1.59. The molecule has 1 rings (SSSR count). The first-order chi connectivity index (χ1) is 5.95. The molecule has 0 atom stereocenters. The molecule has 0 aromatic carbocycles. The first-order valence-electron chi connectivity index (χ1n) is 4.26. The van der Waals surface area contributed by atoms with Crippen molar-refractivity contribution < 1.29 is 4.74 Å². The Balaban J connectivity index is 3.24. The van der Waals surface area contributed by atoms with Gasteiger partial charge in [-0.15, -0.1) is 0 Å². The van der Waals surface area contributed by atoms with E-state index >= 15 is 0 Å². The second kappa shape index (κ2) is 3.34. The smallest absolute Gasteiger partial charge is 0.142 e. The molecule has 1 heterocycles. The molecule has 0 fully saturated rings. The molecule has 3 heteroatoms. The van der Waals surface area contributed by atoms with Crippen LogP contribution in [0.2, 0.25) is 0 Å². The maximum atomic E-state index is 5.96. The Kier molecular flexibility index (Phi) is 2.57. The number of ether oxygens (including phenoxy) is 1. The molecule has 72 valence electrons. The summed E-state index contributed by atoms with van der Waals surface area (Å²) in [5.74, 6) is 0.748. The van der Waals surface area contributed by atoms with Gasteiger partial charge in [-0.1, -0.05) is 0 Å². The first-order valence-corrected chi connectivity index (χ1v) is 4.26. The third-order valence-corrected chi connectivity index (χ3v) is 1.83. The average molecular weight is 180 g/mol. The molecule has 0 aliphatic carbocycles. The molecule has 3 nitrogen and oxygen atoms in total. The van der Waals surface area contributed by atoms with Crippen LogP contribution in [0, 0.1) is 6.92 Å². The van der Waals surface area contributed by atoms with Crippen LogP contribution in [0.4, 0.5) is 0 Å². The minimum Gasteiger partial charge on any atom is -0.495 e. The van der Waals surface area contributed by atoms with Crippen molar-refractivity contribution in [3.05, 3.63) is 23.5 Å². The van der Waals surface area contributed by atoms with Gasteiger partial charge in [-0.25, -0.2) is 0 Å². The zero-order valence-electron chi connectivity index (χ0n) is 8.59. The number of methoxy groups -OCH3 is 1. The topological polar surface area (TPSA) is 48.1 Å². The molecule has 0 aliphatic rings. The quantitative estimate of drug-likeness (QED) is 0.752. The Bertz CT molecular complexity index is 302. The number of aryl methyl sites for hydroxylation is 1. The SMILES string of the molecule is COc1ccc(C)nc1C(C)(C)N. The fourth-order valence-corrected chi connectivity index (χ4v) is 1.17. The van der Waals surface area contributed by atoms with Gasteiger partial charge < -0.3 is 10.5 Å². The lowest BCUT2D eigenvalue weighted by Gasteiger charge is -2.20. The predicted molar refractivity (Wildman–Crippen MR) is 52.7 cm³/mol. The van der Waals surface area contributed by atoms with E-state index in [0.29, 0.717) is 0 Å². The van der Waals surface area contributed by atoms with Crippen molar-refractivity contribution in [2.45, 2.75) is 26.3 Å². The lowest BCUT2D eigenvalue weighted by atomic mass is 10.0. The van der Waals surface area contributed by atoms with Gasteiger partial charge in [0.2, 0.25) is 0 Å². The molecule has 0 amide bonds. The van der Waals surface area contributed by atoms with Gasteiger partial charge in [0.15, 0.2) is 0 Å². The third kappa shape index (κ3) is 2.18. The molecule has 0 aliphatic heterocycles. The molecule has 0 bridgehead atoms. The molecule has 0 radical (unpaired) electrons. The number of rotatable bonds is 2. The highest BCUT2D eigenvalue weighted by atomic mass is 16.5. The Morgan fingerprint density at radius 1 is 1.38 bits per heavy atom. The van der Waals surface area contributed by atoms with Crippen LogP contribution in [-0.4, -0.2) is 12.1 Å². The molecule has 1 aromatic heterocycles. The van der Waals surface area contributed by atoms with Crippen LogP contribution in [0.5, 0.6) is 5.75 Å². The number of pyridine rings is 1. The second-order valence-electron chi connectivity index (χ2n) is 3.73. The Hall–Kier alpha value is -1.09. The molecule has 2 N–H and O–H groups in total. The van der Waals surface area contributed by atoms with Crippen LogP contribution < -0.4 is 10.5 Å². The molecule has 0 saturated heterocycles. The molecular weight excluding hydrogens is 164 g/mol. The van der Waals surface area contributed by atoms with Gasteiger partial charge in [-0.2, -0.15) is 0 Å². The van der Waals surface area contributed by atoms with Gasteiger partial charge in [0.1, 0.15) is 11.4 Å². The minimum absolute atomic E-state index is 0.461. The standard InChI is InChI=1S/C10H16N2O/c1-7-5-6-8(13-4)9(12-7)10(2,3)11/h5-6H,11H2,1-4H3. The van der Waals surface area contributed by atoms with E-state index in [2.05, 4.69) is 4.98 Å². The maximum absolute atomic E-state index is 5.96. The summed E-state index contributed by atoms with van der Waals surface area (Å²) in [4.78, 5) is 4.37. The van der Waals surface area contributed by atoms with Crippen LogP contribution in [0.1, 0.15) is 25.2 Å². The van der Waals surface area contributed by atoms with Crippen LogP contribution >= 0.6 is 0 Å². The largest absolute Gasteiger partial charge is 0.495 e. The summed E-state index contributed by atoms with van der Waals surface area (Å²) in [7, 11) is 1.63. The van der Waals surface area contributed by atoms with E-state index in [1.807, 2.05) is 32.9 Å². The van der Waals surface area contributed by atoms with Gasteiger partial charge in [0.25, 0.3) is 0 Å². The van der Waals surface area contributed by atoms with Crippen molar-refractivity contribution in [2.24, 2.45) is 5.73 Å². The number of nitrogens with two attached hydrogens (primary N) is 1. The lowest BCUT2D eigenvalue weighted by molar-refractivity contribution is 0.388. The Morgan fingerprint density at radius 3 is 2.46 bits per heavy atom. The Morgan fingerprint density at radius 2 is 2.00 bits per heavy atom. The summed E-state index contributed by atoms with van der Waals surface area (Å²) in [6.45, 7) is 5.77. The lowest BCUT2D eigenvalue weighted by Crippen LogP contribution is -2.30. The van der Waals surface area contributed by atoms with Gasteiger partial charge in [-0.3, -0.25) is 4.98 Å². The highest BCUT2D eigenvalue weighted by Crippen LogP contribution is 2.25. The van der Waals surface area contributed by atoms with Gasteiger partial charge in [-0.05, 0) is 32.9 Å². The maximum Gasteiger partial charge on any atom is 0.142 e. The number of hydrogen-bond acceptors (Lipinski definition) is 3. The molecule has 0 spiro atoms. The van der Waals surface area contributed by atoms with Crippen LogP contribution in [0.15, 0.2) is 12.1 Å². The fourth-order valence-electron chi connectivity index (χ4n) is 1.17. The van der Waals surface area contributed by atoms with Crippen molar-refractivity contribution in [3.63, 3.8) is 0 Å². The Labute approximate surface area is 78.9 Å². The molecular formula is C10H16N2O. The van der Waals surface area contributed by atoms with E-state index in [0.717, 1.165) is 17.1 Å². The monoisotopic (exact) mass is 180 g/mol. The molecule has 0 saturated carbocycles. The highest BCUT2D eigenvalue weighted by molar-refractivity contribution is 5.33. The van der Waals surface area contributed by atoms with Crippen LogP contribution in [0.3, 0.4) is 0 Å². The average Bonchev–Trinajstić information content (AvgIpc) is 2.03. The van der Waals surface area contributed by atoms with Gasteiger partial charge in [0.05, 0.1) is 12.6 Å². The second-order valence-corrected chi connectivity index (χ2v) is 3.73. The van der Waals surface area contributed by atoms with E-state index < -0.39 is 5.54 Å². The summed E-state index contributed by atoms with van der Waals surface area (Å²) in [6.07, 6.45) is 0. The molecule has 13 heavy (non-hydrogen) atoms. The summed E-state index contributed by atoms with van der Waals surface area (Å²) in [6, 6.07) is 3.81. The van der Waals surface area contributed by atoms with E-state index in [1.165, 1.54) is 0 Å². The van der Waals surface area contributed by atoms with E-state index in [1.54, 1.807) is 7.11 Å². The number of hydrogen-bond donors (Lipinski definition) is 1. The summed E-state index contributed by atoms with van der Waals surface area (Å²) >= 11 is 0. The van der Waals surface area contributed by atoms with Crippen molar-refractivity contribution >= 4 is 0 Å². The van der Waals surface area contributed by atoms with Crippen molar-refractivity contribution in [2.75, 3.05) is 7.11 Å². The first kappa shape index (κ1) is 9.99. The van der Waals surface area contributed by atoms with Crippen molar-refractivity contribution in [1.29, 1.82) is 0 Å². The van der Waals surface area contributed by atoms with Crippen molar-refractivity contribution in [3.8, 4) is 5.75 Å². The number of nitrogens with zero attached hydrogens (tertiary/aromatic N) is 1. The summed E-state index contributed by atoms with van der Waals surface area (Å²) in [5, 5.41) is 0. The summed E-state index contributed by atoms with van der Waals surface area (Å²) in [5.41, 5.74) is 7.25. The third-order valence-electron chi connectivity index (χ3n) is 1.83. The molecule has 0 unspecified atom stereocenters. The van der Waals surface area contributed by atoms with Gasteiger partial charge in [0, 0.05) is 5.69 Å². The van der Waals surface area contributed by atoms with E-state index in [9.17, 15) is 0 Å². The van der Waals surface area contributed by atoms with Crippen LogP contribution in [-0.2, 0) is 5.54 Å². The minimum atomic E-state index is -0.461. The van der Waals surface area contributed by atoms with E-state index in [4.69, 9.17) is 10.5 Å². The molecule has 1 aromatic rings. The van der Waals surface area contributed by atoms with Crippen molar-refractivity contribution in [1.82, 2.24) is 4.98 Å². The number of aromatic nitrogens is 1. The zero-order valence-corrected chi connectivity index (χ0v) is 8.59. The van der Waals surface area contributed by atoms with E-state index in [-0.39, 0.29) is 0 Å².